The van der Waals surface area contributed by atoms with Crippen molar-refractivity contribution < 1.29 is 13.2 Å². The summed E-state index contributed by atoms with van der Waals surface area (Å²) in [6.07, 6.45) is 0.610. The largest absolute Gasteiger partial charge is 0.333 e. The number of carbonyl (C=O) groups is 1. The van der Waals surface area contributed by atoms with Gasteiger partial charge in [0.15, 0.2) is 9.84 Å². The van der Waals surface area contributed by atoms with Crippen LogP contribution >= 0.6 is 0 Å². The molecular weight excluding hydrogens is 262 g/mol. The first-order valence-corrected chi connectivity index (χ1v) is 8.20. The SMILES string of the molecule is Cc1ccc(C(=O)N2CC3CC2CS3(=O)=O)c(C)c1. The third-order valence-electron chi connectivity index (χ3n) is 4.18. The number of hydrogen-bond acceptors (Lipinski definition) is 3. The fourth-order valence-electron chi connectivity index (χ4n) is 3.15. The van der Waals surface area contributed by atoms with E-state index in [0.29, 0.717) is 18.5 Å². The van der Waals surface area contributed by atoms with Crippen molar-refractivity contribution in [1.82, 2.24) is 4.90 Å². The number of nitrogens with zero attached hydrogens (tertiary/aromatic N) is 1. The van der Waals surface area contributed by atoms with Gasteiger partial charge in [0.25, 0.3) is 5.91 Å². The summed E-state index contributed by atoms with van der Waals surface area (Å²) < 4.78 is 23.4. The van der Waals surface area contributed by atoms with Gasteiger partial charge in [0, 0.05) is 18.2 Å². The Morgan fingerprint density at radius 1 is 1.32 bits per heavy atom. The van der Waals surface area contributed by atoms with Gasteiger partial charge in [-0.25, -0.2) is 8.42 Å². The second-order valence-corrected chi connectivity index (χ2v) is 7.94. The van der Waals surface area contributed by atoms with E-state index in [1.165, 1.54) is 0 Å². The van der Waals surface area contributed by atoms with Gasteiger partial charge in [-0.1, -0.05) is 17.7 Å². The molecule has 1 aromatic carbocycles. The van der Waals surface area contributed by atoms with E-state index < -0.39 is 9.84 Å². The first-order chi connectivity index (χ1) is 8.88. The zero-order valence-corrected chi connectivity index (χ0v) is 11.9. The molecule has 2 bridgehead atoms. The van der Waals surface area contributed by atoms with Crippen molar-refractivity contribution in [3.05, 3.63) is 34.9 Å². The van der Waals surface area contributed by atoms with Crippen LogP contribution in [-0.4, -0.2) is 42.8 Å². The predicted octanol–water partition coefficient (Wildman–Crippen LogP) is 1.31. The molecule has 2 atom stereocenters. The number of sulfone groups is 1. The van der Waals surface area contributed by atoms with Gasteiger partial charge in [-0.3, -0.25) is 4.79 Å². The summed E-state index contributed by atoms with van der Waals surface area (Å²) in [4.78, 5) is 14.3. The third kappa shape index (κ3) is 1.96. The minimum atomic E-state index is -2.95. The smallest absolute Gasteiger partial charge is 0.254 e. The van der Waals surface area contributed by atoms with E-state index in [4.69, 9.17) is 0 Å². The van der Waals surface area contributed by atoms with Crippen molar-refractivity contribution in [3.63, 3.8) is 0 Å². The maximum absolute atomic E-state index is 12.5. The molecule has 1 amide bonds. The quantitative estimate of drug-likeness (QED) is 0.779. The maximum atomic E-state index is 12.5. The molecule has 0 spiro atoms. The van der Waals surface area contributed by atoms with Crippen LogP contribution in [0.4, 0.5) is 0 Å². The summed E-state index contributed by atoms with van der Waals surface area (Å²) in [6.45, 7) is 4.27. The third-order valence-corrected chi connectivity index (χ3v) is 6.39. The van der Waals surface area contributed by atoms with Crippen molar-refractivity contribution in [3.8, 4) is 0 Å². The van der Waals surface area contributed by atoms with Crippen molar-refractivity contribution >= 4 is 15.7 Å². The fourth-order valence-corrected chi connectivity index (χ4v) is 5.18. The lowest BCUT2D eigenvalue weighted by atomic mass is 10.0. The highest BCUT2D eigenvalue weighted by molar-refractivity contribution is 7.92. The van der Waals surface area contributed by atoms with Crippen LogP contribution in [0.5, 0.6) is 0 Å². The molecule has 2 heterocycles. The summed E-state index contributed by atoms with van der Waals surface area (Å²) in [5.41, 5.74) is 2.77. The Morgan fingerprint density at radius 2 is 2.05 bits per heavy atom. The molecule has 1 aromatic rings. The fraction of sp³-hybridized carbons (Fsp3) is 0.500. The van der Waals surface area contributed by atoms with Crippen LogP contribution in [0.25, 0.3) is 0 Å². The second kappa shape index (κ2) is 4.07. The Morgan fingerprint density at radius 3 is 2.58 bits per heavy atom. The molecule has 5 heteroatoms. The number of fused-ring (bicyclic) bond motifs is 2. The molecular formula is C14H17NO3S. The molecule has 2 saturated heterocycles. The van der Waals surface area contributed by atoms with Crippen LogP contribution in [0.1, 0.15) is 27.9 Å². The number of benzene rings is 1. The molecule has 19 heavy (non-hydrogen) atoms. The van der Waals surface area contributed by atoms with Crippen molar-refractivity contribution in [2.24, 2.45) is 0 Å². The highest BCUT2D eigenvalue weighted by atomic mass is 32.2. The zero-order valence-electron chi connectivity index (χ0n) is 11.1. The zero-order chi connectivity index (χ0) is 13.8. The summed E-state index contributed by atoms with van der Waals surface area (Å²) in [5, 5.41) is -0.341. The molecule has 2 fully saturated rings. The van der Waals surface area contributed by atoms with E-state index in [2.05, 4.69) is 0 Å². The Hall–Kier alpha value is -1.36. The van der Waals surface area contributed by atoms with Gasteiger partial charge in [0.05, 0.1) is 11.0 Å². The summed E-state index contributed by atoms with van der Waals surface area (Å²) >= 11 is 0. The summed E-state index contributed by atoms with van der Waals surface area (Å²) in [5.74, 6) is 0.105. The molecule has 0 N–H and O–H groups in total. The normalized spacial score (nSPS) is 27.8. The monoisotopic (exact) mass is 279 g/mol. The lowest BCUT2D eigenvalue weighted by molar-refractivity contribution is 0.0745. The molecule has 0 saturated carbocycles. The molecule has 0 aliphatic carbocycles. The lowest BCUT2D eigenvalue weighted by Crippen LogP contribution is -2.44. The van der Waals surface area contributed by atoms with E-state index in [0.717, 1.165) is 11.1 Å². The average molecular weight is 279 g/mol. The van der Waals surface area contributed by atoms with Crippen LogP contribution in [0.15, 0.2) is 18.2 Å². The molecule has 2 aliphatic rings. The topological polar surface area (TPSA) is 54.5 Å². The summed E-state index contributed by atoms with van der Waals surface area (Å²) in [7, 11) is -2.95. The standard InChI is InChI=1S/C14H17NO3S/c1-9-3-4-13(10(2)5-9)14(16)15-7-12-6-11(15)8-19(12,17)18/h3-5,11-12H,6-8H2,1-2H3. The Kier molecular flexibility index (Phi) is 2.71. The van der Waals surface area contributed by atoms with Crippen LogP contribution in [-0.2, 0) is 9.84 Å². The van der Waals surface area contributed by atoms with Gasteiger partial charge in [-0.2, -0.15) is 0 Å². The molecule has 102 valence electrons. The maximum Gasteiger partial charge on any atom is 0.254 e. The second-order valence-electron chi connectivity index (χ2n) is 5.62. The Balaban J connectivity index is 1.87. The van der Waals surface area contributed by atoms with Crippen LogP contribution in [0.3, 0.4) is 0 Å². The molecule has 3 rings (SSSR count). The van der Waals surface area contributed by atoms with Gasteiger partial charge < -0.3 is 4.90 Å². The number of aryl methyl sites for hydroxylation is 2. The summed E-state index contributed by atoms with van der Waals surface area (Å²) in [6, 6.07) is 5.63. The minimum Gasteiger partial charge on any atom is -0.333 e. The van der Waals surface area contributed by atoms with Crippen molar-refractivity contribution in [1.29, 1.82) is 0 Å². The lowest BCUT2D eigenvalue weighted by Gasteiger charge is -2.27. The Bertz CT molecular complexity index is 651. The molecule has 0 aromatic heterocycles. The number of carbonyl (C=O) groups excluding carboxylic acids is 1. The predicted molar refractivity (Wildman–Crippen MR) is 72.9 cm³/mol. The Labute approximate surface area is 113 Å². The van der Waals surface area contributed by atoms with Gasteiger partial charge in [-0.15, -0.1) is 0 Å². The number of hydrogen-bond donors (Lipinski definition) is 0. The van der Waals surface area contributed by atoms with Gasteiger partial charge >= 0.3 is 0 Å². The van der Waals surface area contributed by atoms with Crippen LogP contribution in [0, 0.1) is 13.8 Å². The van der Waals surface area contributed by atoms with Gasteiger partial charge in [-0.05, 0) is 31.9 Å². The van der Waals surface area contributed by atoms with E-state index in [1.54, 1.807) is 4.90 Å². The number of likely N-dealkylation sites (tertiary alicyclic amines) is 1. The molecule has 2 unspecified atom stereocenters. The minimum absolute atomic E-state index is 0.0279. The van der Waals surface area contributed by atoms with Crippen molar-refractivity contribution in [2.75, 3.05) is 12.3 Å². The molecule has 4 nitrogen and oxygen atoms in total. The first kappa shape index (κ1) is 12.7. The van der Waals surface area contributed by atoms with Crippen molar-refractivity contribution in [2.45, 2.75) is 31.6 Å². The van der Waals surface area contributed by atoms with E-state index in [1.807, 2.05) is 32.0 Å². The molecule has 2 aliphatic heterocycles. The van der Waals surface area contributed by atoms with Gasteiger partial charge in [0.1, 0.15) is 0 Å². The first-order valence-electron chi connectivity index (χ1n) is 6.48. The van der Waals surface area contributed by atoms with E-state index >= 15 is 0 Å². The van der Waals surface area contributed by atoms with Crippen LogP contribution in [0.2, 0.25) is 0 Å². The van der Waals surface area contributed by atoms with E-state index in [-0.39, 0.29) is 23.0 Å². The van der Waals surface area contributed by atoms with Crippen LogP contribution < -0.4 is 0 Å². The van der Waals surface area contributed by atoms with Gasteiger partial charge in [0.2, 0.25) is 0 Å². The number of rotatable bonds is 1. The highest BCUT2D eigenvalue weighted by Crippen LogP contribution is 2.34. The molecule has 0 radical (unpaired) electrons. The average Bonchev–Trinajstić information content (AvgIpc) is 2.83. The number of amides is 1. The highest BCUT2D eigenvalue weighted by Gasteiger charge is 2.50. The van der Waals surface area contributed by atoms with E-state index in [9.17, 15) is 13.2 Å².